The highest BCUT2D eigenvalue weighted by atomic mass is 35.5. The van der Waals surface area contributed by atoms with Crippen molar-refractivity contribution in [1.29, 1.82) is 0 Å². The normalized spacial score (nSPS) is 17.8. The third-order valence-corrected chi connectivity index (χ3v) is 1.66. The van der Waals surface area contributed by atoms with E-state index in [1.807, 2.05) is 6.92 Å². The molecule has 0 amide bonds. The minimum absolute atomic E-state index is 0.0476. The van der Waals surface area contributed by atoms with Crippen molar-refractivity contribution in [3.05, 3.63) is 6.92 Å². The van der Waals surface area contributed by atoms with Crippen LogP contribution in [0.5, 0.6) is 0 Å². The standard InChI is InChI=1S/C9H18ClO4/c1-4-12-8(3)14-7(2)6-13-9(11)5-10/h7-9,11H,3-6H2,1-2H3. The molecular formula is C9H18ClO4. The fraction of sp³-hybridized carbons (Fsp3) is 0.889. The van der Waals surface area contributed by atoms with E-state index in [0.717, 1.165) is 0 Å². The Kier molecular flexibility index (Phi) is 8.52. The Balaban J connectivity index is 3.49. The number of ether oxygens (including phenoxy) is 3. The fourth-order valence-electron chi connectivity index (χ4n) is 0.815. The van der Waals surface area contributed by atoms with E-state index in [2.05, 4.69) is 6.92 Å². The van der Waals surface area contributed by atoms with Gasteiger partial charge in [0.2, 0.25) is 0 Å². The number of aliphatic hydroxyl groups is 1. The molecule has 1 radical (unpaired) electrons. The first kappa shape index (κ1) is 14.1. The van der Waals surface area contributed by atoms with E-state index in [9.17, 15) is 0 Å². The second kappa shape index (κ2) is 8.44. The lowest BCUT2D eigenvalue weighted by atomic mass is 10.4. The van der Waals surface area contributed by atoms with Crippen LogP contribution < -0.4 is 0 Å². The van der Waals surface area contributed by atoms with Gasteiger partial charge in [-0.25, -0.2) is 0 Å². The molecule has 0 spiro atoms. The molecule has 0 aromatic heterocycles. The van der Waals surface area contributed by atoms with Crippen molar-refractivity contribution in [3.8, 4) is 0 Å². The zero-order valence-electron chi connectivity index (χ0n) is 8.61. The molecule has 1 N–H and O–H groups in total. The van der Waals surface area contributed by atoms with Crippen molar-refractivity contribution in [2.45, 2.75) is 32.5 Å². The Morgan fingerprint density at radius 3 is 2.57 bits per heavy atom. The third-order valence-electron chi connectivity index (χ3n) is 1.39. The minimum Gasteiger partial charge on any atom is -0.367 e. The maximum Gasteiger partial charge on any atom is 0.168 e. The highest BCUT2D eigenvalue weighted by molar-refractivity contribution is 6.18. The van der Waals surface area contributed by atoms with Crippen molar-refractivity contribution in [2.75, 3.05) is 19.1 Å². The summed E-state index contributed by atoms with van der Waals surface area (Å²) in [6.07, 6.45) is -1.65. The lowest BCUT2D eigenvalue weighted by Gasteiger charge is -2.19. The van der Waals surface area contributed by atoms with Crippen molar-refractivity contribution in [2.24, 2.45) is 0 Å². The average Bonchev–Trinajstić information content (AvgIpc) is 2.14. The van der Waals surface area contributed by atoms with E-state index in [0.29, 0.717) is 6.61 Å². The molecule has 5 heteroatoms. The highest BCUT2D eigenvalue weighted by Crippen LogP contribution is 2.01. The number of halogens is 1. The Labute approximate surface area is 90.1 Å². The van der Waals surface area contributed by atoms with Crippen molar-refractivity contribution >= 4 is 11.6 Å². The average molecular weight is 226 g/mol. The molecule has 0 saturated heterocycles. The predicted molar refractivity (Wildman–Crippen MR) is 54.0 cm³/mol. The topological polar surface area (TPSA) is 47.9 Å². The molecule has 85 valence electrons. The summed E-state index contributed by atoms with van der Waals surface area (Å²) in [4.78, 5) is 0. The van der Waals surface area contributed by atoms with E-state index >= 15 is 0 Å². The van der Waals surface area contributed by atoms with Gasteiger partial charge >= 0.3 is 0 Å². The smallest absolute Gasteiger partial charge is 0.168 e. The Hall–Kier alpha value is 0.130. The first-order chi connectivity index (χ1) is 6.60. The van der Waals surface area contributed by atoms with Crippen LogP contribution in [0.25, 0.3) is 0 Å². The van der Waals surface area contributed by atoms with Crippen molar-refractivity contribution < 1.29 is 19.3 Å². The molecular weight excluding hydrogens is 208 g/mol. The van der Waals surface area contributed by atoms with Crippen LogP contribution in [0.15, 0.2) is 0 Å². The van der Waals surface area contributed by atoms with Gasteiger partial charge in [-0.05, 0) is 13.8 Å². The molecule has 0 heterocycles. The SMILES string of the molecule is [CH2]C(OCC)OC(C)COC(O)CCl. The van der Waals surface area contributed by atoms with Crippen LogP contribution in [0.1, 0.15) is 13.8 Å². The number of hydrogen-bond acceptors (Lipinski definition) is 4. The largest absolute Gasteiger partial charge is 0.367 e. The molecule has 4 nitrogen and oxygen atoms in total. The third kappa shape index (κ3) is 7.53. The summed E-state index contributed by atoms with van der Waals surface area (Å²) in [6, 6.07) is 0. The Morgan fingerprint density at radius 1 is 1.43 bits per heavy atom. The van der Waals surface area contributed by atoms with E-state index in [1.54, 1.807) is 6.92 Å². The van der Waals surface area contributed by atoms with Gasteiger partial charge in [0, 0.05) is 13.5 Å². The Bertz CT molecular complexity index is 134. The van der Waals surface area contributed by atoms with E-state index in [1.165, 1.54) is 0 Å². The van der Waals surface area contributed by atoms with Gasteiger partial charge in [-0.1, -0.05) is 0 Å². The first-order valence-electron chi connectivity index (χ1n) is 4.55. The minimum atomic E-state index is -0.946. The molecule has 14 heavy (non-hydrogen) atoms. The molecule has 0 aliphatic rings. The zero-order chi connectivity index (χ0) is 11.0. The second-order valence-electron chi connectivity index (χ2n) is 2.77. The Morgan fingerprint density at radius 2 is 2.07 bits per heavy atom. The summed E-state index contributed by atoms with van der Waals surface area (Å²) in [5, 5.41) is 8.99. The van der Waals surface area contributed by atoms with Gasteiger partial charge < -0.3 is 19.3 Å². The van der Waals surface area contributed by atoms with Crippen LogP contribution in [0, 0.1) is 6.92 Å². The lowest BCUT2D eigenvalue weighted by molar-refractivity contribution is -0.172. The van der Waals surface area contributed by atoms with Gasteiger partial charge in [-0.15, -0.1) is 11.6 Å². The predicted octanol–water partition coefficient (Wildman–Crippen LogP) is 1.16. The van der Waals surface area contributed by atoms with Gasteiger partial charge in [0.25, 0.3) is 0 Å². The number of aliphatic hydroxyl groups excluding tert-OH is 1. The molecule has 0 aliphatic heterocycles. The van der Waals surface area contributed by atoms with Crippen molar-refractivity contribution in [3.63, 3.8) is 0 Å². The zero-order valence-corrected chi connectivity index (χ0v) is 9.37. The monoisotopic (exact) mass is 225 g/mol. The van der Waals surface area contributed by atoms with E-state index in [-0.39, 0.29) is 18.6 Å². The molecule has 0 bridgehead atoms. The molecule has 0 saturated carbocycles. The van der Waals surface area contributed by atoms with E-state index < -0.39 is 12.6 Å². The summed E-state index contributed by atoms with van der Waals surface area (Å²) in [6.45, 7) is 8.10. The van der Waals surface area contributed by atoms with Crippen molar-refractivity contribution in [1.82, 2.24) is 0 Å². The van der Waals surface area contributed by atoms with Crippen LogP contribution in [-0.4, -0.2) is 42.9 Å². The van der Waals surface area contributed by atoms with E-state index in [4.69, 9.17) is 30.9 Å². The maximum atomic E-state index is 8.99. The maximum absolute atomic E-state index is 8.99. The molecule has 0 aliphatic carbocycles. The van der Waals surface area contributed by atoms with Crippen LogP contribution >= 0.6 is 11.6 Å². The van der Waals surface area contributed by atoms with Gasteiger partial charge in [0.15, 0.2) is 12.6 Å². The van der Waals surface area contributed by atoms with Gasteiger partial charge in [-0.3, -0.25) is 0 Å². The van der Waals surface area contributed by atoms with Crippen LogP contribution in [0.3, 0.4) is 0 Å². The summed E-state index contributed by atoms with van der Waals surface area (Å²) in [5.41, 5.74) is 0. The molecule has 3 atom stereocenters. The highest BCUT2D eigenvalue weighted by Gasteiger charge is 2.10. The van der Waals surface area contributed by atoms with Crippen LogP contribution in [0.4, 0.5) is 0 Å². The van der Waals surface area contributed by atoms with Gasteiger partial charge in [0.05, 0.1) is 18.6 Å². The number of hydrogen-bond donors (Lipinski definition) is 1. The molecule has 0 aromatic carbocycles. The summed E-state index contributed by atoms with van der Waals surface area (Å²) < 4.78 is 15.3. The summed E-state index contributed by atoms with van der Waals surface area (Å²) in [5.74, 6) is 0.0476. The van der Waals surface area contributed by atoms with Gasteiger partial charge in [0.1, 0.15) is 0 Å². The second-order valence-corrected chi connectivity index (χ2v) is 3.08. The molecule has 0 aromatic rings. The number of alkyl halides is 1. The summed E-state index contributed by atoms with van der Waals surface area (Å²) >= 11 is 5.34. The molecule has 0 rings (SSSR count). The molecule has 3 unspecified atom stereocenters. The first-order valence-corrected chi connectivity index (χ1v) is 5.09. The fourth-order valence-corrected chi connectivity index (χ4v) is 0.904. The van der Waals surface area contributed by atoms with Gasteiger partial charge in [-0.2, -0.15) is 0 Å². The van der Waals surface area contributed by atoms with Crippen LogP contribution in [-0.2, 0) is 14.2 Å². The number of rotatable bonds is 8. The summed E-state index contributed by atoms with van der Waals surface area (Å²) in [7, 11) is 0. The lowest BCUT2D eigenvalue weighted by Crippen LogP contribution is -2.27. The molecule has 0 fully saturated rings. The quantitative estimate of drug-likeness (QED) is 0.498. The van der Waals surface area contributed by atoms with Crippen LogP contribution in [0.2, 0.25) is 0 Å².